The Morgan fingerprint density at radius 1 is 1.05 bits per heavy atom. The molecule has 0 atom stereocenters. The van der Waals surface area contributed by atoms with Crippen LogP contribution in [0.2, 0.25) is 5.02 Å². The molecule has 1 aromatic carbocycles. The second-order valence-corrected chi connectivity index (χ2v) is 6.77. The number of nitrogens with zero attached hydrogens (tertiary/aromatic N) is 1. The highest BCUT2D eigenvalue weighted by atomic mass is 35.5. The van der Waals surface area contributed by atoms with Gasteiger partial charge in [0.15, 0.2) is 11.5 Å². The number of ether oxygens (including phenoxy) is 2. The molecule has 2 aliphatic carbocycles. The number of rotatable bonds is 3. The second kappa shape index (κ2) is 5.65. The van der Waals surface area contributed by atoms with Crippen molar-refractivity contribution < 1.29 is 14.3 Å². The van der Waals surface area contributed by atoms with E-state index in [4.69, 9.17) is 21.1 Å². The maximum atomic E-state index is 13.0. The fraction of sp³-hybridized carbons (Fsp3) is 0.588. The zero-order valence-electron chi connectivity index (χ0n) is 12.5. The molecule has 2 fully saturated rings. The minimum absolute atomic E-state index is 0.0910. The molecular formula is C17H20ClNO3. The number of amides is 1. The van der Waals surface area contributed by atoms with Gasteiger partial charge in [-0.1, -0.05) is 24.4 Å². The monoisotopic (exact) mass is 321 g/mol. The first-order valence-corrected chi connectivity index (χ1v) is 8.53. The van der Waals surface area contributed by atoms with Gasteiger partial charge < -0.3 is 14.4 Å². The maximum absolute atomic E-state index is 13.0. The van der Waals surface area contributed by atoms with E-state index in [0.717, 1.165) is 25.7 Å². The van der Waals surface area contributed by atoms with Crippen molar-refractivity contribution in [3.63, 3.8) is 0 Å². The third kappa shape index (κ3) is 2.54. The fourth-order valence-corrected chi connectivity index (χ4v) is 3.81. The molecule has 4 rings (SSSR count). The van der Waals surface area contributed by atoms with Gasteiger partial charge >= 0.3 is 0 Å². The van der Waals surface area contributed by atoms with E-state index in [-0.39, 0.29) is 5.91 Å². The van der Waals surface area contributed by atoms with Crippen LogP contribution in [0.25, 0.3) is 0 Å². The third-order valence-corrected chi connectivity index (χ3v) is 5.02. The molecule has 22 heavy (non-hydrogen) atoms. The van der Waals surface area contributed by atoms with Crippen molar-refractivity contribution in [1.82, 2.24) is 4.90 Å². The Balaban J connectivity index is 1.64. The Labute approximate surface area is 135 Å². The normalized spacial score (nSPS) is 21.0. The topological polar surface area (TPSA) is 38.8 Å². The van der Waals surface area contributed by atoms with Crippen molar-refractivity contribution in [3.8, 4) is 11.5 Å². The number of carbonyl (C=O) groups is 1. The molecule has 0 bridgehead atoms. The lowest BCUT2D eigenvalue weighted by Crippen LogP contribution is -2.40. The number of benzene rings is 1. The van der Waals surface area contributed by atoms with Crippen molar-refractivity contribution in [3.05, 3.63) is 22.7 Å². The summed E-state index contributed by atoms with van der Waals surface area (Å²) < 4.78 is 11.1. The average Bonchev–Trinajstić information content (AvgIpc) is 3.21. The van der Waals surface area contributed by atoms with Crippen LogP contribution in [0.5, 0.6) is 11.5 Å². The van der Waals surface area contributed by atoms with Gasteiger partial charge in [-0.3, -0.25) is 4.79 Å². The lowest BCUT2D eigenvalue weighted by Gasteiger charge is -2.30. The Morgan fingerprint density at radius 3 is 2.45 bits per heavy atom. The number of carbonyl (C=O) groups excluding carboxylic acids is 1. The molecule has 1 amide bonds. The molecule has 1 heterocycles. The minimum Gasteiger partial charge on any atom is -0.486 e. The van der Waals surface area contributed by atoms with Crippen LogP contribution in [0.15, 0.2) is 12.1 Å². The highest BCUT2D eigenvalue weighted by Crippen LogP contribution is 2.40. The number of fused-ring (bicyclic) bond motifs is 1. The van der Waals surface area contributed by atoms with Crippen LogP contribution in [0.3, 0.4) is 0 Å². The molecule has 4 nitrogen and oxygen atoms in total. The van der Waals surface area contributed by atoms with Gasteiger partial charge in [0.05, 0.1) is 5.02 Å². The molecule has 1 aromatic rings. The predicted molar refractivity (Wildman–Crippen MR) is 83.9 cm³/mol. The summed E-state index contributed by atoms with van der Waals surface area (Å²) in [5.74, 6) is 1.24. The minimum atomic E-state index is 0.0910. The van der Waals surface area contributed by atoms with Crippen LogP contribution in [0, 0.1) is 0 Å². The zero-order chi connectivity index (χ0) is 15.1. The van der Waals surface area contributed by atoms with Crippen LogP contribution in [-0.2, 0) is 0 Å². The summed E-state index contributed by atoms with van der Waals surface area (Å²) >= 11 is 6.28. The van der Waals surface area contributed by atoms with E-state index < -0.39 is 0 Å². The smallest absolute Gasteiger partial charge is 0.254 e. The number of hydrogen-bond donors (Lipinski definition) is 0. The molecule has 118 valence electrons. The first kappa shape index (κ1) is 14.2. The third-order valence-electron chi connectivity index (χ3n) is 4.74. The Hall–Kier alpha value is -1.42. The quantitative estimate of drug-likeness (QED) is 0.853. The summed E-state index contributed by atoms with van der Waals surface area (Å²) in [7, 11) is 0. The molecule has 2 saturated carbocycles. The van der Waals surface area contributed by atoms with E-state index in [0.29, 0.717) is 47.4 Å². The van der Waals surface area contributed by atoms with Gasteiger partial charge in [0.1, 0.15) is 13.2 Å². The number of hydrogen-bond acceptors (Lipinski definition) is 3. The first-order chi connectivity index (χ1) is 10.7. The van der Waals surface area contributed by atoms with E-state index in [1.165, 1.54) is 12.8 Å². The van der Waals surface area contributed by atoms with Gasteiger partial charge in [-0.2, -0.15) is 0 Å². The molecule has 0 unspecified atom stereocenters. The molecule has 0 radical (unpaired) electrons. The first-order valence-electron chi connectivity index (χ1n) is 8.16. The SMILES string of the molecule is O=C(c1cc(Cl)c2c(c1)OCCO2)N(C1CCCC1)C1CC1. The van der Waals surface area contributed by atoms with E-state index >= 15 is 0 Å². The summed E-state index contributed by atoms with van der Waals surface area (Å²) in [6, 6.07) is 4.32. The van der Waals surface area contributed by atoms with Gasteiger partial charge in [0.2, 0.25) is 0 Å². The summed E-state index contributed by atoms with van der Waals surface area (Å²) in [5, 5.41) is 0.461. The van der Waals surface area contributed by atoms with E-state index in [2.05, 4.69) is 4.90 Å². The van der Waals surface area contributed by atoms with Crippen LogP contribution in [0.4, 0.5) is 0 Å². The molecule has 1 aliphatic heterocycles. The molecule has 0 saturated heterocycles. The molecular weight excluding hydrogens is 302 g/mol. The van der Waals surface area contributed by atoms with Crippen LogP contribution >= 0.6 is 11.6 Å². The second-order valence-electron chi connectivity index (χ2n) is 6.36. The van der Waals surface area contributed by atoms with Gasteiger partial charge in [0.25, 0.3) is 5.91 Å². The molecule has 0 aromatic heterocycles. The molecule has 5 heteroatoms. The van der Waals surface area contributed by atoms with Gasteiger partial charge in [-0.25, -0.2) is 0 Å². The Bertz CT molecular complexity index is 594. The number of halogens is 1. The van der Waals surface area contributed by atoms with Crippen molar-refractivity contribution in [2.24, 2.45) is 0 Å². The fourth-order valence-electron chi connectivity index (χ4n) is 3.55. The summed E-state index contributed by atoms with van der Waals surface area (Å²) in [4.78, 5) is 15.1. The van der Waals surface area contributed by atoms with Crippen molar-refractivity contribution >= 4 is 17.5 Å². The Morgan fingerprint density at radius 2 is 1.73 bits per heavy atom. The standard InChI is InChI=1S/C17H20ClNO3/c18-14-9-11(10-15-16(14)22-8-7-21-15)17(20)19(13-5-6-13)12-3-1-2-4-12/h9-10,12-13H,1-8H2. The summed E-state index contributed by atoms with van der Waals surface area (Å²) in [5.41, 5.74) is 0.619. The molecule has 3 aliphatic rings. The highest BCUT2D eigenvalue weighted by Gasteiger charge is 2.39. The van der Waals surface area contributed by atoms with Gasteiger partial charge in [0, 0.05) is 17.6 Å². The summed E-state index contributed by atoms with van der Waals surface area (Å²) in [6.45, 7) is 0.992. The van der Waals surface area contributed by atoms with Crippen molar-refractivity contribution in [2.75, 3.05) is 13.2 Å². The van der Waals surface area contributed by atoms with Crippen molar-refractivity contribution in [2.45, 2.75) is 50.6 Å². The highest BCUT2D eigenvalue weighted by molar-refractivity contribution is 6.32. The zero-order valence-corrected chi connectivity index (χ0v) is 13.3. The molecule has 0 N–H and O–H groups in total. The van der Waals surface area contributed by atoms with Crippen LogP contribution < -0.4 is 9.47 Å². The summed E-state index contributed by atoms with van der Waals surface area (Å²) in [6.07, 6.45) is 6.95. The van der Waals surface area contributed by atoms with E-state index in [1.807, 2.05) is 0 Å². The lowest BCUT2D eigenvalue weighted by molar-refractivity contribution is 0.0663. The molecule has 0 spiro atoms. The largest absolute Gasteiger partial charge is 0.486 e. The predicted octanol–water partition coefficient (Wildman–Crippen LogP) is 3.66. The van der Waals surface area contributed by atoms with Gasteiger partial charge in [-0.05, 0) is 37.8 Å². The van der Waals surface area contributed by atoms with E-state index in [9.17, 15) is 4.79 Å². The lowest BCUT2D eigenvalue weighted by atomic mass is 10.1. The van der Waals surface area contributed by atoms with Gasteiger partial charge in [-0.15, -0.1) is 0 Å². The average molecular weight is 322 g/mol. The maximum Gasteiger partial charge on any atom is 0.254 e. The van der Waals surface area contributed by atoms with Crippen molar-refractivity contribution in [1.29, 1.82) is 0 Å². The van der Waals surface area contributed by atoms with Crippen LogP contribution in [-0.4, -0.2) is 36.1 Å². The van der Waals surface area contributed by atoms with E-state index in [1.54, 1.807) is 12.1 Å². The van der Waals surface area contributed by atoms with Crippen LogP contribution in [0.1, 0.15) is 48.9 Å². The Kier molecular flexibility index (Phi) is 3.65.